The van der Waals surface area contributed by atoms with E-state index in [1.54, 1.807) is 13.1 Å². The van der Waals surface area contributed by atoms with E-state index < -0.39 is 0 Å². The van der Waals surface area contributed by atoms with E-state index in [0.717, 1.165) is 18.8 Å². The second kappa shape index (κ2) is 8.11. The van der Waals surface area contributed by atoms with Gasteiger partial charge in [0.15, 0.2) is 11.6 Å². The summed E-state index contributed by atoms with van der Waals surface area (Å²) < 4.78 is 1.39. The Balaban J connectivity index is 2.45. The molecule has 0 saturated heterocycles. The van der Waals surface area contributed by atoms with Crippen LogP contribution in [0, 0.1) is 11.3 Å². The molecule has 26 heavy (non-hydrogen) atoms. The van der Waals surface area contributed by atoms with Crippen LogP contribution in [0.15, 0.2) is 28.4 Å². The lowest BCUT2D eigenvalue weighted by Gasteiger charge is -2.22. The minimum Gasteiger partial charge on any atom is -0.381 e. The molecule has 0 aliphatic heterocycles. The molecule has 1 heterocycles. The number of aryl methyl sites for hydroxylation is 1. The molecule has 0 aliphatic carbocycles. The van der Waals surface area contributed by atoms with Gasteiger partial charge in [0, 0.05) is 32.7 Å². The topological polar surface area (TPSA) is 125 Å². The van der Waals surface area contributed by atoms with Crippen LogP contribution in [-0.2, 0) is 11.8 Å². The summed E-state index contributed by atoms with van der Waals surface area (Å²) in [7, 11) is 1.63. The summed E-state index contributed by atoms with van der Waals surface area (Å²) in [5.41, 5.74) is 7.83. The first-order valence-electron chi connectivity index (χ1n) is 8.22. The smallest absolute Gasteiger partial charge is 0.221 e. The average Bonchev–Trinajstić information content (AvgIpc) is 2.87. The van der Waals surface area contributed by atoms with Gasteiger partial charge in [0.25, 0.3) is 0 Å². The molecule has 2 rings (SSSR count). The highest BCUT2D eigenvalue weighted by Gasteiger charge is 2.14. The quantitative estimate of drug-likeness (QED) is 0.771. The van der Waals surface area contributed by atoms with Gasteiger partial charge in [-0.25, -0.2) is 4.68 Å². The number of amides is 1. The highest BCUT2D eigenvalue weighted by molar-refractivity contribution is 5.93. The lowest BCUT2D eigenvalue weighted by Crippen LogP contribution is -2.21. The number of rotatable bonds is 6. The van der Waals surface area contributed by atoms with E-state index in [0.29, 0.717) is 11.4 Å². The molecule has 9 nitrogen and oxygen atoms in total. The molecule has 0 spiro atoms. The van der Waals surface area contributed by atoms with Crippen LogP contribution >= 0.6 is 0 Å². The first-order chi connectivity index (χ1) is 12.4. The first-order valence-corrected chi connectivity index (χ1v) is 8.22. The third-order valence-electron chi connectivity index (χ3n) is 3.83. The molecule has 0 atom stereocenters. The van der Waals surface area contributed by atoms with Gasteiger partial charge in [-0.3, -0.25) is 4.79 Å². The van der Waals surface area contributed by atoms with Crippen molar-refractivity contribution in [3.05, 3.63) is 23.8 Å². The Hall–Kier alpha value is -3.41. The molecule has 0 unspecified atom stereocenters. The predicted octanol–water partition coefficient (Wildman–Crippen LogP) is 3.09. The number of hydrogen-bond acceptors (Lipinski definition) is 7. The van der Waals surface area contributed by atoms with Crippen molar-refractivity contribution in [3.63, 3.8) is 0 Å². The van der Waals surface area contributed by atoms with Crippen molar-refractivity contribution in [2.24, 2.45) is 17.3 Å². The molecular weight excluding hydrogens is 332 g/mol. The van der Waals surface area contributed by atoms with Crippen LogP contribution in [0.4, 0.5) is 28.7 Å². The van der Waals surface area contributed by atoms with E-state index in [-0.39, 0.29) is 23.1 Å². The average molecular weight is 354 g/mol. The monoisotopic (exact) mass is 354 g/mol. The molecule has 0 radical (unpaired) electrons. The number of benzene rings is 1. The minimum absolute atomic E-state index is 0.0999. The SMILES string of the molecule is CCN(CC)c1ccc(N=Nc2c(C#N)c(N)nn2C)c(NC(C)=O)c1. The molecule has 1 amide bonds. The summed E-state index contributed by atoms with van der Waals surface area (Å²) in [5, 5.41) is 24.2. The molecule has 136 valence electrons. The number of nitrogens with one attached hydrogen (secondary N) is 1. The molecule has 3 N–H and O–H groups in total. The van der Waals surface area contributed by atoms with Gasteiger partial charge in [0.05, 0.1) is 5.69 Å². The van der Waals surface area contributed by atoms with E-state index in [4.69, 9.17) is 5.73 Å². The molecule has 2 aromatic rings. The maximum absolute atomic E-state index is 11.5. The van der Waals surface area contributed by atoms with Crippen LogP contribution in [0.2, 0.25) is 0 Å². The van der Waals surface area contributed by atoms with Crippen LogP contribution in [0.25, 0.3) is 0 Å². The van der Waals surface area contributed by atoms with Crippen LogP contribution < -0.4 is 16.0 Å². The molecular formula is C17H22N8O. The van der Waals surface area contributed by atoms with Gasteiger partial charge in [-0.05, 0) is 32.0 Å². The molecule has 1 aromatic carbocycles. The van der Waals surface area contributed by atoms with E-state index in [9.17, 15) is 10.1 Å². The van der Waals surface area contributed by atoms with Crippen LogP contribution in [0.1, 0.15) is 26.3 Å². The Morgan fingerprint density at radius 2 is 2.08 bits per heavy atom. The zero-order valence-corrected chi connectivity index (χ0v) is 15.3. The first kappa shape index (κ1) is 18.9. The van der Waals surface area contributed by atoms with Crippen LogP contribution in [-0.4, -0.2) is 28.8 Å². The Kier molecular flexibility index (Phi) is 5.90. The number of anilines is 3. The zero-order chi connectivity index (χ0) is 19.3. The normalized spacial score (nSPS) is 10.7. The van der Waals surface area contributed by atoms with Crippen molar-refractivity contribution in [2.45, 2.75) is 20.8 Å². The lowest BCUT2D eigenvalue weighted by atomic mass is 10.2. The van der Waals surface area contributed by atoms with Crippen molar-refractivity contribution in [1.29, 1.82) is 5.26 Å². The van der Waals surface area contributed by atoms with Crippen LogP contribution in [0.3, 0.4) is 0 Å². The largest absolute Gasteiger partial charge is 0.381 e. The molecule has 0 bridgehead atoms. The lowest BCUT2D eigenvalue weighted by molar-refractivity contribution is -0.114. The summed E-state index contributed by atoms with van der Waals surface area (Å²) >= 11 is 0. The third-order valence-corrected chi connectivity index (χ3v) is 3.83. The van der Waals surface area contributed by atoms with Crippen molar-refractivity contribution in [3.8, 4) is 6.07 Å². The fraction of sp³-hybridized carbons (Fsp3) is 0.353. The fourth-order valence-corrected chi connectivity index (χ4v) is 2.54. The van der Waals surface area contributed by atoms with E-state index in [2.05, 4.69) is 39.4 Å². The maximum atomic E-state index is 11.5. The molecule has 0 aliphatic rings. The summed E-state index contributed by atoms with van der Waals surface area (Å²) in [4.78, 5) is 13.7. The second-order valence-corrected chi connectivity index (χ2v) is 5.57. The molecule has 9 heteroatoms. The van der Waals surface area contributed by atoms with Crippen molar-refractivity contribution in [1.82, 2.24) is 9.78 Å². The Bertz CT molecular complexity index is 874. The number of nitrogens with two attached hydrogens (primary N) is 1. The molecule has 1 aromatic heterocycles. The summed E-state index contributed by atoms with van der Waals surface area (Å²) in [6.07, 6.45) is 0. The summed E-state index contributed by atoms with van der Waals surface area (Å²) in [6, 6.07) is 7.51. The van der Waals surface area contributed by atoms with Gasteiger partial charge >= 0.3 is 0 Å². The second-order valence-electron chi connectivity index (χ2n) is 5.57. The fourth-order valence-electron chi connectivity index (χ4n) is 2.54. The van der Waals surface area contributed by atoms with E-state index in [1.165, 1.54) is 11.6 Å². The van der Waals surface area contributed by atoms with Gasteiger partial charge in [-0.15, -0.1) is 10.2 Å². The number of nitrogens with zero attached hydrogens (tertiary/aromatic N) is 6. The van der Waals surface area contributed by atoms with Crippen molar-refractivity contribution >= 4 is 34.6 Å². The number of azo groups is 1. The number of hydrogen-bond donors (Lipinski definition) is 2. The Labute approximate surface area is 152 Å². The minimum atomic E-state index is -0.208. The predicted molar refractivity (Wildman–Crippen MR) is 101 cm³/mol. The van der Waals surface area contributed by atoms with Gasteiger partial charge in [0.2, 0.25) is 5.91 Å². The standard InChI is InChI=1S/C17H22N8O/c1-5-25(6-2)12-7-8-14(15(9-12)20-11(3)26)21-22-17-13(10-18)16(19)23-24(17)4/h7-9H,5-6H2,1-4H3,(H2,19,23)(H,20,26). The number of aromatic nitrogens is 2. The highest BCUT2D eigenvalue weighted by Crippen LogP contribution is 2.32. The number of carbonyl (C=O) groups is 1. The van der Waals surface area contributed by atoms with Crippen molar-refractivity contribution < 1.29 is 4.79 Å². The maximum Gasteiger partial charge on any atom is 0.221 e. The van der Waals surface area contributed by atoms with E-state index >= 15 is 0 Å². The molecule has 0 saturated carbocycles. The van der Waals surface area contributed by atoms with E-state index in [1.807, 2.05) is 18.2 Å². The van der Waals surface area contributed by atoms with Gasteiger partial charge in [-0.2, -0.15) is 10.4 Å². The zero-order valence-electron chi connectivity index (χ0n) is 15.3. The summed E-state index contributed by atoms with van der Waals surface area (Å²) in [6.45, 7) is 7.24. The van der Waals surface area contributed by atoms with Crippen molar-refractivity contribution in [2.75, 3.05) is 29.0 Å². The number of nitriles is 1. The summed E-state index contributed by atoms with van der Waals surface area (Å²) in [5.74, 6) is 0.148. The Morgan fingerprint density at radius 3 is 2.65 bits per heavy atom. The van der Waals surface area contributed by atoms with Gasteiger partial charge < -0.3 is 16.0 Å². The number of nitrogen functional groups attached to an aromatic ring is 1. The third kappa shape index (κ3) is 3.97. The van der Waals surface area contributed by atoms with Gasteiger partial charge in [0.1, 0.15) is 17.3 Å². The van der Waals surface area contributed by atoms with Gasteiger partial charge in [-0.1, -0.05) is 0 Å². The van der Waals surface area contributed by atoms with Crippen LogP contribution in [0.5, 0.6) is 0 Å². The number of carbonyl (C=O) groups excluding carboxylic acids is 1. The highest BCUT2D eigenvalue weighted by atomic mass is 16.1. The molecule has 0 fully saturated rings. The Morgan fingerprint density at radius 1 is 1.38 bits per heavy atom.